The molecule has 11 nitrogen and oxygen atoms in total. The van der Waals surface area contributed by atoms with Crippen molar-refractivity contribution in [2.75, 3.05) is 0 Å². The maximum absolute atomic E-state index is 13.6. The van der Waals surface area contributed by atoms with Crippen LogP contribution in [0, 0.1) is 10.8 Å². The average molecular weight is 595 g/mol. The summed E-state index contributed by atoms with van der Waals surface area (Å²) < 4.78 is 6.32. The van der Waals surface area contributed by atoms with Gasteiger partial charge >= 0.3 is 0 Å². The molecule has 4 rings (SSSR count). The van der Waals surface area contributed by atoms with Crippen LogP contribution < -0.4 is 0 Å². The van der Waals surface area contributed by atoms with Crippen LogP contribution in [0.25, 0.3) is 0 Å². The highest BCUT2D eigenvalue weighted by Crippen LogP contribution is 2.53. The second-order valence-corrected chi connectivity index (χ2v) is 12.1. The summed E-state index contributed by atoms with van der Waals surface area (Å²) in [7, 11) is 0. The molecule has 2 aliphatic carbocycles. The van der Waals surface area contributed by atoms with Crippen molar-refractivity contribution in [1.82, 2.24) is 0 Å². The van der Waals surface area contributed by atoms with Gasteiger partial charge < -0.3 is 30.3 Å². The van der Waals surface area contributed by atoms with E-state index in [1.807, 2.05) is 0 Å². The number of hydrogen-bond acceptors (Lipinski definition) is 11. The Bertz CT molecular complexity index is 1580. The molecule has 0 radical (unpaired) electrons. The summed E-state index contributed by atoms with van der Waals surface area (Å²) in [5.41, 5.74) is -6.04. The predicted molar refractivity (Wildman–Crippen MR) is 151 cm³/mol. The first-order valence-electron chi connectivity index (χ1n) is 13.8. The van der Waals surface area contributed by atoms with Crippen LogP contribution in [0.15, 0.2) is 45.3 Å². The average Bonchev–Trinajstić information content (AvgIpc) is 2.88. The Morgan fingerprint density at radius 2 is 1.07 bits per heavy atom. The number of aromatic hydroxyl groups is 3. The van der Waals surface area contributed by atoms with Crippen LogP contribution in [0.5, 0.6) is 17.2 Å². The highest BCUT2D eigenvalue weighted by molar-refractivity contribution is 6.24. The number of allylic oxidation sites excluding steroid dienone is 6. The number of fused-ring (bicyclic) bond motifs is 2. The minimum atomic E-state index is -1.66. The molecule has 0 saturated carbocycles. The number of rotatable bonds is 5. The van der Waals surface area contributed by atoms with E-state index in [2.05, 4.69) is 0 Å². The fourth-order valence-electron chi connectivity index (χ4n) is 5.90. The van der Waals surface area contributed by atoms with E-state index in [-0.39, 0.29) is 40.2 Å². The van der Waals surface area contributed by atoms with Crippen molar-refractivity contribution in [3.05, 3.63) is 62.0 Å². The number of Topliss-reactive ketones (excluding diaryl/α,β-unsaturated/α-hetero) is 5. The van der Waals surface area contributed by atoms with E-state index in [1.54, 1.807) is 6.92 Å². The second kappa shape index (κ2) is 10.3. The molecule has 0 aromatic heterocycles. The summed E-state index contributed by atoms with van der Waals surface area (Å²) in [4.78, 5) is 65.3. The molecule has 228 valence electrons. The summed E-state index contributed by atoms with van der Waals surface area (Å²) in [6.45, 7) is 9.53. The topological polar surface area (TPSA) is 196 Å². The number of carbonyl (C=O) groups is 5. The SMILES string of the molecule is CCCC(=O)c1c(O)c2c(O)c(c1O)CC1=C(OC3=C(C2)C(O)=C(C(C)=O)C(=O)C3(C)C)C(C)(C)C(=O)C(C(C)=O)=C1O. The molecule has 1 heterocycles. The molecule has 0 amide bonds. The lowest BCUT2D eigenvalue weighted by molar-refractivity contribution is -0.127. The lowest BCUT2D eigenvalue weighted by Crippen LogP contribution is -2.41. The van der Waals surface area contributed by atoms with E-state index in [1.165, 1.54) is 27.7 Å². The van der Waals surface area contributed by atoms with Crippen LogP contribution >= 0.6 is 0 Å². The summed E-state index contributed by atoms with van der Waals surface area (Å²) in [6.07, 6.45) is -0.865. The van der Waals surface area contributed by atoms with E-state index in [0.29, 0.717) is 6.42 Å². The second-order valence-electron chi connectivity index (χ2n) is 12.1. The maximum atomic E-state index is 13.6. The molecule has 1 aromatic rings. The smallest absolute Gasteiger partial charge is 0.183 e. The normalized spacial score (nSPS) is 19.6. The number of phenolic OH excluding ortho intramolecular Hbond substituents is 3. The molecule has 1 aliphatic heterocycles. The van der Waals surface area contributed by atoms with Crippen molar-refractivity contribution >= 4 is 28.9 Å². The Morgan fingerprint density at radius 3 is 1.40 bits per heavy atom. The molecule has 1 aromatic carbocycles. The highest BCUT2D eigenvalue weighted by Gasteiger charge is 2.51. The van der Waals surface area contributed by atoms with E-state index in [4.69, 9.17) is 4.74 Å². The number of carbonyl (C=O) groups excluding carboxylic acids is 5. The van der Waals surface area contributed by atoms with E-state index in [9.17, 15) is 49.5 Å². The molecule has 3 aliphatic rings. The van der Waals surface area contributed by atoms with E-state index in [0.717, 1.165) is 13.8 Å². The lowest BCUT2D eigenvalue weighted by Gasteiger charge is -2.40. The first-order valence-corrected chi connectivity index (χ1v) is 13.8. The molecule has 11 heteroatoms. The van der Waals surface area contributed by atoms with Gasteiger partial charge in [0.25, 0.3) is 0 Å². The molecule has 0 saturated heterocycles. The zero-order valence-corrected chi connectivity index (χ0v) is 25.0. The van der Waals surface area contributed by atoms with Gasteiger partial charge in [-0.15, -0.1) is 0 Å². The standard InChI is InChI=1S/C32H34O11/c1-8-9-18(35)21-23(37)14-10-16-25(39)19(12(2)33)27(41)31(4,5)29(16)43-30-17(11-15(22(14)36)24(21)38)26(40)20(13(3)34)28(42)32(30,6)7/h36-40H,8-11H2,1-7H3. The number of phenols is 3. The van der Waals surface area contributed by atoms with Crippen LogP contribution in [0.3, 0.4) is 0 Å². The third kappa shape index (κ3) is 4.45. The van der Waals surface area contributed by atoms with Gasteiger partial charge in [0.2, 0.25) is 0 Å². The van der Waals surface area contributed by atoms with Gasteiger partial charge in [-0.2, -0.15) is 0 Å². The molecule has 5 N–H and O–H groups in total. The summed E-state index contributed by atoms with van der Waals surface area (Å²) in [6, 6.07) is 0. The molecular weight excluding hydrogens is 560 g/mol. The zero-order chi connectivity index (χ0) is 32.5. The highest BCUT2D eigenvalue weighted by atomic mass is 16.5. The molecule has 43 heavy (non-hydrogen) atoms. The Labute approximate surface area is 247 Å². The van der Waals surface area contributed by atoms with Crippen molar-refractivity contribution < 1.29 is 54.2 Å². The minimum Gasteiger partial charge on any atom is -0.507 e. The minimum absolute atomic E-state index is 0.0852. The third-order valence-electron chi connectivity index (χ3n) is 8.31. The number of benzene rings is 1. The van der Waals surface area contributed by atoms with Crippen LogP contribution in [0.4, 0.5) is 0 Å². The third-order valence-corrected chi connectivity index (χ3v) is 8.31. The van der Waals surface area contributed by atoms with E-state index < -0.39 is 98.1 Å². The Balaban J connectivity index is 2.27. The summed E-state index contributed by atoms with van der Waals surface area (Å²) in [5, 5.41) is 56.6. The Kier molecular flexibility index (Phi) is 7.45. The molecule has 2 bridgehead atoms. The quantitative estimate of drug-likeness (QED) is 0.239. The largest absolute Gasteiger partial charge is 0.507 e. The fourth-order valence-corrected chi connectivity index (χ4v) is 5.90. The van der Waals surface area contributed by atoms with Crippen LogP contribution in [0.2, 0.25) is 0 Å². The number of aliphatic hydroxyl groups is 2. The van der Waals surface area contributed by atoms with Crippen molar-refractivity contribution in [3.8, 4) is 17.2 Å². The Hall–Kier alpha value is -4.67. The molecule has 0 spiro atoms. The van der Waals surface area contributed by atoms with Gasteiger partial charge in [-0.25, -0.2) is 0 Å². The van der Waals surface area contributed by atoms with Crippen molar-refractivity contribution in [2.45, 2.75) is 74.1 Å². The van der Waals surface area contributed by atoms with Gasteiger partial charge in [-0.1, -0.05) is 6.92 Å². The summed E-state index contributed by atoms with van der Waals surface area (Å²) >= 11 is 0. The Morgan fingerprint density at radius 1 is 0.698 bits per heavy atom. The first kappa shape index (κ1) is 31.3. The molecule has 0 unspecified atom stereocenters. The zero-order valence-electron chi connectivity index (χ0n) is 25.0. The van der Waals surface area contributed by atoms with Gasteiger partial charge in [-0.05, 0) is 48.0 Å². The molecular formula is C32H34O11. The maximum Gasteiger partial charge on any atom is 0.183 e. The number of ether oxygens (including phenoxy) is 1. The van der Waals surface area contributed by atoms with Gasteiger partial charge in [0, 0.05) is 41.5 Å². The number of hydrogen-bond donors (Lipinski definition) is 5. The monoisotopic (exact) mass is 594 g/mol. The van der Waals surface area contributed by atoms with Gasteiger partial charge in [0.1, 0.15) is 57.0 Å². The first-order chi connectivity index (χ1) is 19.8. The molecule has 0 atom stereocenters. The molecule has 0 fully saturated rings. The van der Waals surface area contributed by atoms with Crippen molar-refractivity contribution in [1.29, 1.82) is 0 Å². The predicted octanol–water partition coefficient (Wildman–Crippen LogP) is 4.43. The summed E-state index contributed by atoms with van der Waals surface area (Å²) in [5.74, 6) is -8.17. The number of aliphatic hydroxyl groups excluding tert-OH is 2. The van der Waals surface area contributed by atoms with Crippen LogP contribution in [-0.2, 0) is 36.8 Å². The van der Waals surface area contributed by atoms with Crippen LogP contribution in [0.1, 0.15) is 82.8 Å². The lowest BCUT2D eigenvalue weighted by atomic mass is 9.71. The van der Waals surface area contributed by atoms with Gasteiger partial charge in [0.15, 0.2) is 28.9 Å². The van der Waals surface area contributed by atoms with Gasteiger partial charge in [0.05, 0.1) is 10.8 Å². The number of ketones is 5. The van der Waals surface area contributed by atoms with Crippen molar-refractivity contribution in [3.63, 3.8) is 0 Å². The van der Waals surface area contributed by atoms with Gasteiger partial charge in [-0.3, -0.25) is 24.0 Å². The fraction of sp³-hybridized carbons (Fsp3) is 0.406. The van der Waals surface area contributed by atoms with Crippen molar-refractivity contribution in [2.24, 2.45) is 10.8 Å². The van der Waals surface area contributed by atoms with Crippen LogP contribution in [-0.4, -0.2) is 54.4 Å². The van der Waals surface area contributed by atoms with E-state index >= 15 is 0 Å².